The van der Waals surface area contributed by atoms with Crippen molar-refractivity contribution in [1.82, 2.24) is 4.98 Å². The van der Waals surface area contributed by atoms with E-state index >= 15 is 0 Å². The summed E-state index contributed by atoms with van der Waals surface area (Å²) in [6, 6.07) is 4.45. The van der Waals surface area contributed by atoms with Crippen molar-refractivity contribution in [2.75, 3.05) is 10.6 Å². The van der Waals surface area contributed by atoms with Crippen LogP contribution in [0.2, 0.25) is 0 Å². The molecule has 7 heteroatoms. The van der Waals surface area contributed by atoms with Gasteiger partial charge in [-0.3, -0.25) is 14.9 Å². The van der Waals surface area contributed by atoms with Crippen molar-refractivity contribution in [1.29, 1.82) is 0 Å². The Morgan fingerprint density at radius 2 is 1.96 bits per heavy atom. The highest BCUT2D eigenvalue weighted by molar-refractivity contribution is 7.15. The molecule has 1 unspecified atom stereocenters. The molecule has 0 aliphatic carbocycles. The Labute approximate surface area is 138 Å². The number of amides is 1. The van der Waals surface area contributed by atoms with Crippen LogP contribution < -0.4 is 10.6 Å². The van der Waals surface area contributed by atoms with Gasteiger partial charge in [0.25, 0.3) is 5.91 Å². The molecule has 2 rings (SSSR count). The summed E-state index contributed by atoms with van der Waals surface area (Å²) < 4.78 is 0. The number of nitrogens with zero attached hydrogens (tertiary/aromatic N) is 1. The molecule has 2 aromatic rings. The summed E-state index contributed by atoms with van der Waals surface area (Å²) in [5.41, 5.74) is 2.77. The minimum absolute atomic E-state index is 0.261. The molecule has 0 fully saturated rings. The minimum atomic E-state index is -0.953. The molecule has 0 saturated heterocycles. The Morgan fingerprint density at radius 3 is 2.52 bits per heavy atom. The number of carboxylic acids is 1. The van der Waals surface area contributed by atoms with Crippen LogP contribution in [-0.2, 0) is 4.79 Å². The maximum Gasteiger partial charge on any atom is 0.325 e. The molecule has 1 aromatic heterocycles. The second kappa shape index (κ2) is 6.78. The molecule has 0 bridgehead atoms. The van der Waals surface area contributed by atoms with Crippen molar-refractivity contribution in [3.8, 4) is 0 Å². The SMILES string of the molecule is Cc1ccc(NC(C)C(=O)O)cc1C(=O)Nc1nc(C)c(C)s1. The van der Waals surface area contributed by atoms with E-state index in [1.807, 2.05) is 20.8 Å². The van der Waals surface area contributed by atoms with E-state index in [-0.39, 0.29) is 5.91 Å². The predicted molar refractivity (Wildman–Crippen MR) is 91.4 cm³/mol. The quantitative estimate of drug-likeness (QED) is 0.781. The molecule has 0 radical (unpaired) electrons. The van der Waals surface area contributed by atoms with E-state index in [2.05, 4.69) is 15.6 Å². The summed E-state index contributed by atoms with van der Waals surface area (Å²) in [6.45, 7) is 7.22. The zero-order chi connectivity index (χ0) is 17.1. The Hall–Kier alpha value is -2.41. The smallest absolute Gasteiger partial charge is 0.325 e. The molecule has 3 N–H and O–H groups in total. The zero-order valence-electron chi connectivity index (χ0n) is 13.4. The molecule has 6 nitrogen and oxygen atoms in total. The molecular weight excluding hydrogens is 314 g/mol. The van der Waals surface area contributed by atoms with Crippen LogP contribution in [0, 0.1) is 20.8 Å². The van der Waals surface area contributed by atoms with E-state index < -0.39 is 12.0 Å². The van der Waals surface area contributed by atoms with E-state index in [0.29, 0.717) is 16.4 Å². The average Bonchev–Trinajstić information content (AvgIpc) is 2.78. The Kier molecular flexibility index (Phi) is 5.00. The molecule has 23 heavy (non-hydrogen) atoms. The third-order valence-electron chi connectivity index (χ3n) is 3.48. The van der Waals surface area contributed by atoms with Crippen LogP contribution in [0.15, 0.2) is 18.2 Å². The first-order valence-electron chi connectivity index (χ1n) is 7.13. The summed E-state index contributed by atoms with van der Waals surface area (Å²) in [4.78, 5) is 28.7. The van der Waals surface area contributed by atoms with Gasteiger partial charge in [-0.05, 0) is 45.4 Å². The summed E-state index contributed by atoms with van der Waals surface area (Å²) in [7, 11) is 0. The normalized spacial score (nSPS) is 11.8. The lowest BCUT2D eigenvalue weighted by Gasteiger charge is -2.13. The lowest BCUT2D eigenvalue weighted by Crippen LogP contribution is -2.25. The highest BCUT2D eigenvalue weighted by atomic mass is 32.1. The number of aromatic nitrogens is 1. The number of carboxylic acid groups (broad SMARTS) is 1. The number of aryl methyl sites for hydroxylation is 3. The number of hydrogen-bond acceptors (Lipinski definition) is 5. The fraction of sp³-hybridized carbons (Fsp3) is 0.312. The molecule has 0 spiro atoms. The summed E-state index contributed by atoms with van der Waals surface area (Å²) >= 11 is 1.43. The van der Waals surface area contributed by atoms with Crippen LogP contribution in [0.25, 0.3) is 0 Å². The van der Waals surface area contributed by atoms with Gasteiger partial charge in [0, 0.05) is 16.1 Å². The molecule has 122 valence electrons. The monoisotopic (exact) mass is 333 g/mol. The number of rotatable bonds is 5. The van der Waals surface area contributed by atoms with Crippen molar-refractivity contribution in [3.05, 3.63) is 39.9 Å². The van der Waals surface area contributed by atoms with Crippen molar-refractivity contribution in [2.24, 2.45) is 0 Å². The Balaban J connectivity index is 2.20. The molecule has 0 saturated carbocycles. The van der Waals surface area contributed by atoms with Crippen LogP contribution in [0.5, 0.6) is 0 Å². The highest BCUT2D eigenvalue weighted by Crippen LogP contribution is 2.23. The number of nitrogens with one attached hydrogen (secondary N) is 2. The summed E-state index contributed by atoms with van der Waals surface area (Å²) in [5, 5.41) is 15.1. The lowest BCUT2D eigenvalue weighted by molar-refractivity contribution is -0.137. The van der Waals surface area contributed by atoms with Crippen molar-refractivity contribution in [2.45, 2.75) is 33.7 Å². The fourth-order valence-corrected chi connectivity index (χ4v) is 2.77. The van der Waals surface area contributed by atoms with Gasteiger partial charge in [0.05, 0.1) is 5.69 Å². The first kappa shape index (κ1) is 17.0. The van der Waals surface area contributed by atoms with Gasteiger partial charge in [-0.1, -0.05) is 6.07 Å². The average molecular weight is 333 g/mol. The second-order valence-corrected chi connectivity index (χ2v) is 6.55. The summed E-state index contributed by atoms with van der Waals surface area (Å²) in [6.07, 6.45) is 0. The number of hydrogen-bond donors (Lipinski definition) is 3. The maximum atomic E-state index is 12.4. The van der Waals surface area contributed by atoms with Gasteiger partial charge < -0.3 is 10.4 Å². The molecule has 1 aromatic carbocycles. The van der Waals surface area contributed by atoms with E-state index in [0.717, 1.165) is 16.1 Å². The first-order chi connectivity index (χ1) is 10.8. The van der Waals surface area contributed by atoms with Crippen LogP contribution in [0.3, 0.4) is 0 Å². The Bertz CT molecular complexity index is 736. The molecule has 1 atom stereocenters. The standard InChI is InChI=1S/C16H19N3O3S/c1-8-5-6-12(17-10(3)15(21)22)7-13(8)14(20)19-16-18-9(2)11(4)23-16/h5-7,10,17H,1-4H3,(H,21,22)(H,18,19,20). The van der Waals surface area contributed by atoms with Gasteiger partial charge in [0.2, 0.25) is 0 Å². The molecular formula is C16H19N3O3S. The van der Waals surface area contributed by atoms with Gasteiger partial charge in [0.1, 0.15) is 6.04 Å². The molecule has 0 aliphatic rings. The van der Waals surface area contributed by atoms with E-state index in [1.54, 1.807) is 25.1 Å². The number of aliphatic carboxylic acids is 1. The van der Waals surface area contributed by atoms with Gasteiger partial charge in [-0.2, -0.15) is 0 Å². The molecule has 1 amide bonds. The van der Waals surface area contributed by atoms with E-state index in [9.17, 15) is 9.59 Å². The third-order valence-corrected chi connectivity index (χ3v) is 4.47. The van der Waals surface area contributed by atoms with Gasteiger partial charge in [-0.15, -0.1) is 11.3 Å². The van der Waals surface area contributed by atoms with Crippen LogP contribution in [0.1, 0.15) is 33.4 Å². The number of anilines is 2. The maximum absolute atomic E-state index is 12.4. The Morgan fingerprint density at radius 1 is 1.26 bits per heavy atom. The molecule has 0 aliphatic heterocycles. The zero-order valence-corrected chi connectivity index (χ0v) is 14.2. The highest BCUT2D eigenvalue weighted by Gasteiger charge is 2.15. The van der Waals surface area contributed by atoms with E-state index in [1.165, 1.54) is 11.3 Å². The molecule has 1 heterocycles. The van der Waals surface area contributed by atoms with Crippen LogP contribution in [0.4, 0.5) is 10.8 Å². The first-order valence-corrected chi connectivity index (χ1v) is 7.95. The third kappa shape index (κ3) is 4.07. The number of carbonyl (C=O) groups is 2. The number of thiazole rings is 1. The van der Waals surface area contributed by atoms with Crippen molar-refractivity contribution < 1.29 is 14.7 Å². The van der Waals surface area contributed by atoms with Crippen molar-refractivity contribution >= 4 is 34.0 Å². The number of carbonyl (C=O) groups excluding carboxylic acids is 1. The van der Waals surface area contributed by atoms with Crippen LogP contribution in [-0.4, -0.2) is 28.0 Å². The predicted octanol–water partition coefficient (Wildman–Crippen LogP) is 3.21. The van der Waals surface area contributed by atoms with E-state index in [4.69, 9.17) is 5.11 Å². The van der Waals surface area contributed by atoms with Crippen LogP contribution >= 0.6 is 11.3 Å². The van der Waals surface area contributed by atoms with Crippen molar-refractivity contribution in [3.63, 3.8) is 0 Å². The topological polar surface area (TPSA) is 91.3 Å². The largest absolute Gasteiger partial charge is 0.480 e. The minimum Gasteiger partial charge on any atom is -0.480 e. The van der Waals surface area contributed by atoms with Gasteiger partial charge in [-0.25, -0.2) is 4.98 Å². The second-order valence-electron chi connectivity index (χ2n) is 5.35. The fourth-order valence-electron chi connectivity index (χ4n) is 1.96. The summed E-state index contributed by atoms with van der Waals surface area (Å²) in [5.74, 6) is -1.21. The van der Waals surface area contributed by atoms with Gasteiger partial charge in [0.15, 0.2) is 5.13 Å². The number of benzene rings is 1. The lowest BCUT2D eigenvalue weighted by atomic mass is 10.1. The van der Waals surface area contributed by atoms with Gasteiger partial charge >= 0.3 is 5.97 Å².